The summed E-state index contributed by atoms with van der Waals surface area (Å²) in [6, 6.07) is 0. The molecule has 0 bridgehead atoms. The van der Waals surface area contributed by atoms with E-state index in [-0.39, 0.29) is 11.8 Å². The fourth-order valence-electron chi connectivity index (χ4n) is 9.19. The first kappa shape index (κ1) is 30.7. The summed E-state index contributed by atoms with van der Waals surface area (Å²) in [4.78, 5) is 0. The first-order valence-electron chi connectivity index (χ1n) is 17.0. The third-order valence-corrected chi connectivity index (χ3v) is 11.9. The van der Waals surface area contributed by atoms with Gasteiger partial charge in [-0.2, -0.15) is 0 Å². The Balaban J connectivity index is 1.13. The Kier molecular flexibility index (Phi) is 12.2. The average molecular weight is 541 g/mol. The van der Waals surface area contributed by atoms with E-state index in [2.05, 4.69) is 13.8 Å². The van der Waals surface area contributed by atoms with Gasteiger partial charge in [0.05, 0.1) is 6.10 Å². The number of aliphatic hydroxyl groups excluding tert-OH is 1. The minimum absolute atomic E-state index is 0.147. The van der Waals surface area contributed by atoms with Gasteiger partial charge in [0.15, 0.2) is 0 Å². The van der Waals surface area contributed by atoms with Gasteiger partial charge >= 0.3 is 0 Å². The lowest BCUT2D eigenvalue weighted by Crippen LogP contribution is -2.46. The highest BCUT2D eigenvalue weighted by Crippen LogP contribution is 2.47. The fraction of sp³-hybridized carbons (Fsp3) is 1.00. The van der Waals surface area contributed by atoms with Crippen LogP contribution in [0.4, 0.5) is 13.2 Å². The van der Waals surface area contributed by atoms with Gasteiger partial charge in [0.2, 0.25) is 0 Å². The number of rotatable bonds is 11. The van der Waals surface area contributed by atoms with Crippen LogP contribution in [-0.4, -0.2) is 29.7 Å². The Bertz CT molecular complexity index is 656. The molecule has 0 radical (unpaired) electrons. The molecule has 6 unspecified atom stereocenters. The number of unbranched alkanes of at least 4 members (excludes halogenated alkanes) is 3. The number of hydrogen-bond donors (Lipinski definition) is 1. The highest BCUT2D eigenvalue weighted by Gasteiger charge is 2.46. The second-order valence-corrected chi connectivity index (χ2v) is 14.4. The normalized spacial score (nSPS) is 43.6. The largest absolute Gasteiger partial charge is 0.393 e. The van der Waals surface area contributed by atoms with Crippen LogP contribution in [0.5, 0.6) is 0 Å². The summed E-state index contributed by atoms with van der Waals surface area (Å²) in [6.45, 7) is 4.50. The Labute approximate surface area is 232 Å². The van der Waals surface area contributed by atoms with E-state index in [1.165, 1.54) is 38.5 Å². The average Bonchev–Trinajstić information content (AvgIpc) is 2.92. The van der Waals surface area contributed by atoms with Gasteiger partial charge in [-0.3, -0.25) is 0 Å². The van der Waals surface area contributed by atoms with E-state index in [1.807, 2.05) is 0 Å². The zero-order chi connectivity index (χ0) is 27.1. The predicted molar refractivity (Wildman–Crippen MR) is 152 cm³/mol. The van der Waals surface area contributed by atoms with Crippen molar-refractivity contribution in [2.24, 2.45) is 47.3 Å². The highest BCUT2D eigenvalue weighted by molar-refractivity contribution is 4.95. The first-order chi connectivity index (χ1) is 18.4. The maximum atomic E-state index is 15.2. The van der Waals surface area contributed by atoms with Gasteiger partial charge < -0.3 is 5.11 Å². The van der Waals surface area contributed by atoms with E-state index in [0.29, 0.717) is 36.5 Å². The minimum atomic E-state index is -1.51. The third kappa shape index (κ3) is 8.16. The van der Waals surface area contributed by atoms with Crippen molar-refractivity contribution in [3.05, 3.63) is 0 Å². The predicted octanol–water partition coefficient (Wildman–Crippen LogP) is 10.2. The molecule has 222 valence electrons. The van der Waals surface area contributed by atoms with Gasteiger partial charge in [0, 0.05) is 5.92 Å². The van der Waals surface area contributed by atoms with Crippen LogP contribution in [0.25, 0.3) is 0 Å². The van der Waals surface area contributed by atoms with Crippen LogP contribution in [0.2, 0.25) is 0 Å². The van der Waals surface area contributed by atoms with E-state index < -0.39 is 30.5 Å². The molecule has 4 aliphatic carbocycles. The zero-order valence-corrected chi connectivity index (χ0v) is 24.7. The van der Waals surface area contributed by atoms with Crippen LogP contribution in [0.3, 0.4) is 0 Å². The summed E-state index contributed by atoms with van der Waals surface area (Å²) in [5.41, 5.74) is 0. The van der Waals surface area contributed by atoms with Crippen molar-refractivity contribution >= 4 is 0 Å². The maximum Gasteiger partial charge on any atom is 0.137 e. The molecule has 1 nitrogen and oxygen atoms in total. The molecule has 0 heterocycles. The van der Waals surface area contributed by atoms with Gasteiger partial charge in [-0.25, -0.2) is 13.2 Å². The third-order valence-electron chi connectivity index (χ3n) is 11.9. The molecule has 4 fully saturated rings. The quantitative estimate of drug-likeness (QED) is 0.258. The first-order valence-corrected chi connectivity index (χ1v) is 17.0. The van der Waals surface area contributed by atoms with Crippen LogP contribution >= 0.6 is 0 Å². The fourth-order valence-corrected chi connectivity index (χ4v) is 9.19. The Morgan fingerprint density at radius 3 is 1.97 bits per heavy atom. The van der Waals surface area contributed by atoms with Crippen molar-refractivity contribution in [2.75, 3.05) is 0 Å². The van der Waals surface area contributed by atoms with Crippen molar-refractivity contribution in [2.45, 2.75) is 167 Å². The van der Waals surface area contributed by atoms with E-state index in [1.54, 1.807) is 0 Å². The van der Waals surface area contributed by atoms with Crippen LogP contribution in [-0.2, 0) is 0 Å². The van der Waals surface area contributed by atoms with Crippen molar-refractivity contribution in [3.63, 3.8) is 0 Å². The van der Waals surface area contributed by atoms with Crippen molar-refractivity contribution < 1.29 is 18.3 Å². The SMILES string of the molecule is CCCCCCC1CCC(C2CCC(CCC(O)[C@H]3CCC(C4CCC(C)CC4)[C@@H](F)C3F)CC2)C(F)C1. The van der Waals surface area contributed by atoms with E-state index in [4.69, 9.17) is 0 Å². The van der Waals surface area contributed by atoms with E-state index in [9.17, 15) is 5.11 Å². The lowest BCUT2D eigenvalue weighted by Gasteiger charge is -2.42. The summed E-state index contributed by atoms with van der Waals surface area (Å²) < 4.78 is 45.5. The van der Waals surface area contributed by atoms with Gasteiger partial charge in [-0.1, -0.05) is 71.6 Å². The molecule has 0 aromatic carbocycles. The standard InChI is InChI=1S/C34H59F3O/c1-3-4-5-6-7-25-12-18-28(31(35)22-25)26-16-10-24(11-17-26)13-21-32(38)30-20-19-29(33(36)34(30)37)27-14-8-23(2)9-15-27/h23-34,38H,3-22H2,1-2H3/t23?,24?,25?,26?,27?,28?,29?,30-,31?,32?,33-,34?/m1/s1. The lowest BCUT2D eigenvalue weighted by molar-refractivity contribution is -0.0576. The molecule has 0 amide bonds. The molecule has 0 aromatic heterocycles. The highest BCUT2D eigenvalue weighted by atomic mass is 19.2. The topological polar surface area (TPSA) is 20.2 Å². The molecule has 0 spiro atoms. The van der Waals surface area contributed by atoms with Crippen LogP contribution in [0.1, 0.15) is 142 Å². The summed E-state index contributed by atoms with van der Waals surface area (Å²) >= 11 is 0. The minimum Gasteiger partial charge on any atom is -0.393 e. The molecule has 4 rings (SSSR count). The summed E-state index contributed by atoms with van der Waals surface area (Å²) in [5, 5.41) is 10.9. The van der Waals surface area contributed by atoms with Crippen molar-refractivity contribution in [3.8, 4) is 0 Å². The Hall–Kier alpha value is -0.250. The van der Waals surface area contributed by atoms with Crippen LogP contribution in [0.15, 0.2) is 0 Å². The van der Waals surface area contributed by atoms with Crippen molar-refractivity contribution in [1.29, 1.82) is 0 Å². The molecule has 0 aliphatic heterocycles. The molecule has 38 heavy (non-hydrogen) atoms. The smallest absolute Gasteiger partial charge is 0.137 e. The Morgan fingerprint density at radius 2 is 1.29 bits per heavy atom. The molecule has 4 aliphatic rings. The zero-order valence-electron chi connectivity index (χ0n) is 24.7. The molecule has 8 atom stereocenters. The molecule has 0 aromatic rings. The Morgan fingerprint density at radius 1 is 0.658 bits per heavy atom. The molecular formula is C34H59F3O. The van der Waals surface area contributed by atoms with E-state index in [0.717, 1.165) is 83.0 Å². The second kappa shape index (κ2) is 15.1. The molecule has 1 N–H and O–H groups in total. The van der Waals surface area contributed by atoms with Gasteiger partial charge in [-0.05, 0) is 112 Å². The number of alkyl halides is 3. The maximum absolute atomic E-state index is 15.2. The van der Waals surface area contributed by atoms with Crippen LogP contribution < -0.4 is 0 Å². The molecule has 4 heteroatoms. The molecular weight excluding hydrogens is 481 g/mol. The number of halogens is 3. The number of aliphatic hydroxyl groups is 1. The van der Waals surface area contributed by atoms with Crippen LogP contribution in [0, 0.1) is 47.3 Å². The van der Waals surface area contributed by atoms with Gasteiger partial charge in [-0.15, -0.1) is 0 Å². The van der Waals surface area contributed by atoms with E-state index >= 15 is 13.2 Å². The molecule has 0 saturated heterocycles. The monoisotopic (exact) mass is 540 g/mol. The lowest BCUT2D eigenvalue weighted by atomic mass is 9.66. The molecule has 4 saturated carbocycles. The van der Waals surface area contributed by atoms with Gasteiger partial charge in [0.25, 0.3) is 0 Å². The summed E-state index contributed by atoms with van der Waals surface area (Å²) in [7, 11) is 0. The second-order valence-electron chi connectivity index (χ2n) is 14.4. The van der Waals surface area contributed by atoms with Gasteiger partial charge in [0.1, 0.15) is 18.5 Å². The number of hydrogen-bond acceptors (Lipinski definition) is 1. The van der Waals surface area contributed by atoms with Crippen molar-refractivity contribution in [1.82, 2.24) is 0 Å². The summed E-state index contributed by atoms with van der Waals surface area (Å²) in [5.74, 6) is 2.29. The summed E-state index contributed by atoms with van der Waals surface area (Å²) in [6.07, 6.45) is 16.8.